The van der Waals surface area contributed by atoms with Gasteiger partial charge in [0.15, 0.2) is 0 Å². The van der Waals surface area contributed by atoms with E-state index < -0.39 is 0 Å². The van der Waals surface area contributed by atoms with Crippen LogP contribution in [0, 0.1) is 11.3 Å². The molecule has 3 rings (SSSR count). The highest BCUT2D eigenvalue weighted by molar-refractivity contribution is 5.85. The van der Waals surface area contributed by atoms with Crippen LogP contribution in [0.3, 0.4) is 0 Å². The van der Waals surface area contributed by atoms with Crippen molar-refractivity contribution in [1.82, 2.24) is 9.78 Å². The number of rotatable bonds is 2. The van der Waals surface area contributed by atoms with Crippen LogP contribution in [0.25, 0.3) is 10.8 Å². The summed E-state index contributed by atoms with van der Waals surface area (Å²) in [6, 6.07) is 16.6. The molecule has 0 radical (unpaired) electrons. The van der Waals surface area contributed by atoms with E-state index in [0.717, 1.165) is 11.3 Å². The van der Waals surface area contributed by atoms with E-state index in [9.17, 15) is 5.26 Å². The molecule has 0 aliphatic rings. The van der Waals surface area contributed by atoms with Crippen LogP contribution >= 0.6 is 0 Å². The van der Waals surface area contributed by atoms with Crippen LogP contribution in [0.2, 0.25) is 0 Å². The van der Waals surface area contributed by atoms with Crippen molar-refractivity contribution in [3.05, 3.63) is 59.3 Å². The summed E-state index contributed by atoms with van der Waals surface area (Å²) in [4.78, 5) is 0. The molecule has 116 valence electrons. The molecule has 2 N–H and O–H groups in total. The highest BCUT2D eigenvalue weighted by Gasteiger charge is 2.25. The molecule has 2 aromatic carbocycles. The van der Waals surface area contributed by atoms with Gasteiger partial charge in [0.05, 0.1) is 12.2 Å². The molecule has 23 heavy (non-hydrogen) atoms. The van der Waals surface area contributed by atoms with Gasteiger partial charge in [-0.1, -0.05) is 63.2 Å². The topological polar surface area (TPSA) is 67.6 Å². The van der Waals surface area contributed by atoms with Gasteiger partial charge in [0, 0.05) is 5.41 Å². The van der Waals surface area contributed by atoms with E-state index in [1.807, 2.05) is 39.0 Å². The second-order valence-electron chi connectivity index (χ2n) is 6.77. The first-order valence-corrected chi connectivity index (χ1v) is 7.65. The lowest BCUT2D eigenvalue weighted by atomic mass is 9.90. The maximum atomic E-state index is 9.43. The molecule has 0 aliphatic carbocycles. The number of nitrogens with zero attached hydrogens (tertiary/aromatic N) is 3. The van der Waals surface area contributed by atoms with Gasteiger partial charge in [0.25, 0.3) is 0 Å². The Labute approximate surface area is 136 Å². The van der Waals surface area contributed by atoms with E-state index in [1.165, 1.54) is 10.8 Å². The first-order valence-electron chi connectivity index (χ1n) is 7.65. The Kier molecular flexibility index (Phi) is 3.57. The van der Waals surface area contributed by atoms with E-state index in [1.54, 1.807) is 4.68 Å². The average molecular weight is 304 g/mol. The largest absolute Gasteiger partial charge is 0.383 e. The summed E-state index contributed by atoms with van der Waals surface area (Å²) in [5.41, 5.74) is 8.34. The van der Waals surface area contributed by atoms with Gasteiger partial charge < -0.3 is 5.73 Å². The van der Waals surface area contributed by atoms with Gasteiger partial charge >= 0.3 is 0 Å². The van der Waals surface area contributed by atoms with Gasteiger partial charge in [-0.3, -0.25) is 0 Å². The van der Waals surface area contributed by atoms with Gasteiger partial charge in [0.1, 0.15) is 17.5 Å². The summed E-state index contributed by atoms with van der Waals surface area (Å²) >= 11 is 0. The summed E-state index contributed by atoms with van der Waals surface area (Å²) in [6.07, 6.45) is 0. The Morgan fingerprint density at radius 3 is 2.48 bits per heavy atom. The fourth-order valence-electron chi connectivity index (χ4n) is 2.82. The van der Waals surface area contributed by atoms with Crippen LogP contribution in [-0.4, -0.2) is 9.78 Å². The molecule has 0 fully saturated rings. The van der Waals surface area contributed by atoms with E-state index in [0.29, 0.717) is 17.9 Å². The molecule has 1 aromatic heterocycles. The van der Waals surface area contributed by atoms with Crippen LogP contribution in [0.15, 0.2) is 42.5 Å². The van der Waals surface area contributed by atoms with Crippen molar-refractivity contribution < 1.29 is 0 Å². The van der Waals surface area contributed by atoms with E-state index in [4.69, 9.17) is 5.73 Å². The summed E-state index contributed by atoms with van der Waals surface area (Å²) in [5, 5.41) is 16.4. The highest BCUT2D eigenvalue weighted by Crippen LogP contribution is 2.29. The second-order valence-corrected chi connectivity index (χ2v) is 6.77. The van der Waals surface area contributed by atoms with Gasteiger partial charge in [-0.25, -0.2) is 4.68 Å². The monoisotopic (exact) mass is 304 g/mol. The number of fused-ring (bicyclic) bond motifs is 1. The first-order chi connectivity index (χ1) is 10.9. The minimum Gasteiger partial charge on any atom is -0.383 e. The van der Waals surface area contributed by atoms with Crippen molar-refractivity contribution in [2.45, 2.75) is 32.7 Å². The minimum absolute atomic E-state index is 0.219. The highest BCUT2D eigenvalue weighted by atomic mass is 15.3. The van der Waals surface area contributed by atoms with Crippen LogP contribution in [-0.2, 0) is 12.0 Å². The molecule has 1 heterocycles. The number of nitriles is 1. The first kappa shape index (κ1) is 15.1. The van der Waals surface area contributed by atoms with Crippen molar-refractivity contribution in [2.75, 3.05) is 5.73 Å². The number of nitrogen functional groups attached to an aromatic ring is 1. The number of benzene rings is 2. The Balaban J connectivity index is 2.10. The lowest BCUT2D eigenvalue weighted by molar-refractivity contribution is 0.545. The number of aromatic nitrogens is 2. The number of hydrogen-bond acceptors (Lipinski definition) is 3. The maximum absolute atomic E-state index is 9.43. The number of hydrogen-bond donors (Lipinski definition) is 1. The predicted molar refractivity (Wildman–Crippen MR) is 93.1 cm³/mol. The zero-order valence-corrected chi connectivity index (χ0v) is 13.7. The van der Waals surface area contributed by atoms with Crippen molar-refractivity contribution in [1.29, 1.82) is 5.26 Å². The normalized spacial score (nSPS) is 11.6. The van der Waals surface area contributed by atoms with E-state index >= 15 is 0 Å². The third kappa shape index (κ3) is 2.66. The molecule has 4 heteroatoms. The van der Waals surface area contributed by atoms with E-state index in [-0.39, 0.29) is 5.41 Å². The van der Waals surface area contributed by atoms with E-state index in [2.05, 4.69) is 35.4 Å². The van der Waals surface area contributed by atoms with Gasteiger partial charge in [-0.05, 0) is 16.3 Å². The molecule has 0 saturated heterocycles. The summed E-state index contributed by atoms with van der Waals surface area (Å²) in [5.74, 6) is 0.436. The molecule has 0 amide bonds. The van der Waals surface area contributed by atoms with Crippen LogP contribution in [0.5, 0.6) is 0 Å². The zero-order chi connectivity index (χ0) is 16.6. The zero-order valence-electron chi connectivity index (χ0n) is 13.7. The molecular formula is C19H20N4. The van der Waals surface area contributed by atoms with Crippen LogP contribution < -0.4 is 5.73 Å². The summed E-state index contributed by atoms with van der Waals surface area (Å²) < 4.78 is 1.74. The minimum atomic E-state index is -0.219. The molecule has 3 aromatic rings. The van der Waals surface area contributed by atoms with Crippen molar-refractivity contribution in [3.8, 4) is 6.07 Å². The van der Waals surface area contributed by atoms with Crippen molar-refractivity contribution in [2.24, 2.45) is 0 Å². The summed E-state index contributed by atoms with van der Waals surface area (Å²) in [6.45, 7) is 6.67. The van der Waals surface area contributed by atoms with Crippen molar-refractivity contribution in [3.63, 3.8) is 0 Å². The Morgan fingerprint density at radius 2 is 1.83 bits per heavy atom. The number of anilines is 1. The molecule has 0 atom stereocenters. The fraction of sp³-hybridized carbons (Fsp3) is 0.263. The maximum Gasteiger partial charge on any atom is 0.140 e. The predicted octanol–water partition coefficient (Wildman–Crippen LogP) is 3.84. The molecule has 0 aliphatic heterocycles. The molecule has 0 unspecified atom stereocenters. The molecular weight excluding hydrogens is 284 g/mol. The van der Waals surface area contributed by atoms with Crippen LogP contribution in [0.1, 0.15) is 37.6 Å². The third-order valence-corrected chi connectivity index (χ3v) is 4.01. The van der Waals surface area contributed by atoms with Gasteiger partial charge in [-0.15, -0.1) is 0 Å². The van der Waals surface area contributed by atoms with Gasteiger partial charge in [-0.2, -0.15) is 10.4 Å². The molecule has 0 bridgehead atoms. The lowest BCUT2D eigenvalue weighted by Gasteiger charge is -2.15. The van der Waals surface area contributed by atoms with Gasteiger partial charge in [0.2, 0.25) is 0 Å². The average Bonchev–Trinajstić information content (AvgIpc) is 2.84. The fourth-order valence-corrected chi connectivity index (χ4v) is 2.82. The molecule has 0 saturated carbocycles. The Hall–Kier alpha value is -2.80. The van der Waals surface area contributed by atoms with Crippen LogP contribution in [0.4, 0.5) is 5.82 Å². The molecule has 4 nitrogen and oxygen atoms in total. The van der Waals surface area contributed by atoms with Crippen molar-refractivity contribution >= 4 is 16.6 Å². The third-order valence-electron chi connectivity index (χ3n) is 4.01. The SMILES string of the molecule is CC(C)(C)c1nn(Cc2cccc3ccccc23)c(N)c1C#N. The lowest BCUT2D eigenvalue weighted by Crippen LogP contribution is -2.14. The second kappa shape index (κ2) is 5.44. The quantitative estimate of drug-likeness (QED) is 0.782. The Morgan fingerprint density at radius 1 is 1.13 bits per heavy atom. The molecule has 0 spiro atoms. The standard InChI is InChI=1S/C19H20N4/c1-19(2,3)17-16(11-20)18(21)23(22-17)12-14-9-6-8-13-7-4-5-10-15(13)14/h4-10H,12,21H2,1-3H3. The smallest absolute Gasteiger partial charge is 0.140 e. The Bertz CT molecular complexity index is 902. The number of nitrogens with two attached hydrogens (primary N) is 1. The summed E-state index contributed by atoms with van der Waals surface area (Å²) in [7, 11) is 0.